The fourth-order valence-electron chi connectivity index (χ4n) is 1.95. The highest BCUT2D eigenvalue weighted by Crippen LogP contribution is 2.15. The van der Waals surface area contributed by atoms with E-state index in [2.05, 4.69) is 10.2 Å². The highest BCUT2D eigenvalue weighted by molar-refractivity contribution is 7.90. The van der Waals surface area contributed by atoms with Gasteiger partial charge in [0.15, 0.2) is 14.6 Å². The molecular formula is C13H17N3O2S2. The van der Waals surface area contributed by atoms with Gasteiger partial charge in [-0.2, -0.15) is 5.10 Å². The Morgan fingerprint density at radius 2 is 1.90 bits per heavy atom. The maximum atomic E-state index is 11.4. The Bertz CT molecular complexity index is 756. The summed E-state index contributed by atoms with van der Waals surface area (Å²) in [6.07, 6.45) is 1.20. The summed E-state index contributed by atoms with van der Waals surface area (Å²) in [5, 5.41) is 7.01. The first-order valence-electron chi connectivity index (χ1n) is 6.23. The van der Waals surface area contributed by atoms with E-state index in [1.165, 1.54) is 6.26 Å². The van der Waals surface area contributed by atoms with E-state index in [1.807, 2.05) is 18.4 Å². The lowest BCUT2D eigenvalue weighted by atomic mass is 10.2. The SMILES string of the molecule is CC(C)c1n[nH]c(=S)n1Cc1ccc(S(C)(=O)=O)cc1. The summed E-state index contributed by atoms with van der Waals surface area (Å²) in [6.45, 7) is 4.68. The molecule has 0 unspecified atom stereocenters. The largest absolute Gasteiger partial charge is 0.299 e. The summed E-state index contributed by atoms with van der Waals surface area (Å²) >= 11 is 5.23. The molecule has 0 atom stereocenters. The van der Waals surface area contributed by atoms with Crippen molar-refractivity contribution in [3.05, 3.63) is 40.4 Å². The monoisotopic (exact) mass is 311 g/mol. The van der Waals surface area contributed by atoms with Gasteiger partial charge >= 0.3 is 0 Å². The number of sulfone groups is 1. The van der Waals surface area contributed by atoms with Crippen LogP contribution in [0.15, 0.2) is 29.2 Å². The second-order valence-corrected chi connectivity index (χ2v) is 7.45. The third-order valence-electron chi connectivity index (χ3n) is 3.00. The van der Waals surface area contributed by atoms with Crippen LogP contribution in [0.1, 0.15) is 31.2 Å². The molecule has 0 spiro atoms. The predicted octanol–water partition coefficient (Wildman–Crippen LogP) is 2.52. The van der Waals surface area contributed by atoms with Crippen LogP contribution in [0.25, 0.3) is 0 Å². The number of hydrogen-bond donors (Lipinski definition) is 1. The summed E-state index contributed by atoms with van der Waals surface area (Å²) in [7, 11) is -3.16. The number of benzene rings is 1. The molecule has 1 N–H and O–H groups in total. The van der Waals surface area contributed by atoms with Crippen LogP contribution in [0.2, 0.25) is 0 Å². The Labute approximate surface area is 123 Å². The molecule has 0 aliphatic carbocycles. The van der Waals surface area contributed by atoms with Crippen molar-refractivity contribution in [3.63, 3.8) is 0 Å². The molecule has 2 aromatic rings. The van der Waals surface area contributed by atoms with Gasteiger partial charge in [0.1, 0.15) is 5.82 Å². The first kappa shape index (κ1) is 14.9. The summed E-state index contributed by atoms with van der Waals surface area (Å²) in [4.78, 5) is 0.320. The lowest BCUT2D eigenvalue weighted by Gasteiger charge is -2.09. The molecule has 0 saturated heterocycles. The van der Waals surface area contributed by atoms with E-state index in [1.54, 1.807) is 24.3 Å². The van der Waals surface area contributed by atoms with E-state index in [0.717, 1.165) is 11.4 Å². The Kier molecular flexibility index (Phi) is 4.10. The van der Waals surface area contributed by atoms with Gasteiger partial charge in [0.05, 0.1) is 11.4 Å². The molecular weight excluding hydrogens is 294 g/mol. The van der Waals surface area contributed by atoms with Crippen LogP contribution in [0.5, 0.6) is 0 Å². The van der Waals surface area contributed by atoms with Crippen molar-refractivity contribution in [2.45, 2.75) is 31.2 Å². The van der Waals surface area contributed by atoms with Gasteiger partial charge in [-0.3, -0.25) is 9.67 Å². The molecule has 0 aliphatic heterocycles. The molecule has 1 aromatic heterocycles. The van der Waals surface area contributed by atoms with Crippen LogP contribution in [-0.4, -0.2) is 29.4 Å². The van der Waals surface area contributed by atoms with E-state index < -0.39 is 9.84 Å². The van der Waals surface area contributed by atoms with E-state index >= 15 is 0 Å². The number of hydrogen-bond acceptors (Lipinski definition) is 4. The highest BCUT2D eigenvalue weighted by atomic mass is 32.2. The van der Waals surface area contributed by atoms with Crippen LogP contribution in [0.3, 0.4) is 0 Å². The van der Waals surface area contributed by atoms with Gasteiger partial charge in [0.2, 0.25) is 0 Å². The Morgan fingerprint density at radius 3 is 2.40 bits per heavy atom. The second-order valence-electron chi connectivity index (χ2n) is 5.04. The van der Waals surface area contributed by atoms with Gasteiger partial charge in [-0.1, -0.05) is 26.0 Å². The molecule has 1 heterocycles. The number of nitrogens with zero attached hydrogens (tertiary/aromatic N) is 2. The topological polar surface area (TPSA) is 67.8 Å². The van der Waals surface area contributed by atoms with Crippen molar-refractivity contribution in [1.29, 1.82) is 0 Å². The Balaban J connectivity index is 2.32. The standard InChI is InChI=1S/C13H17N3O2S2/c1-9(2)12-14-15-13(19)16(12)8-10-4-6-11(7-5-10)20(3,17)18/h4-7,9H,8H2,1-3H3,(H,15,19). The minimum atomic E-state index is -3.16. The summed E-state index contributed by atoms with van der Waals surface area (Å²) < 4.78 is 25.3. The molecule has 108 valence electrons. The van der Waals surface area contributed by atoms with Gasteiger partial charge in [0, 0.05) is 12.2 Å². The van der Waals surface area contributed by atoms with Gasteiger partial charge in [-0.15, -0.1) is 0 Å². The predicted molar refractivity (Wildman–Crippen MR) is 80.2 cm³/mol. The zero-order valence-corrected chi connectivity index (χ0v) is 13.3. The van der Waals surface area contributed by atoms with Crippen LogP contribution in [-0.2, 0) is 16.4 Å². The van der Waals surface area contributed by atoms with Crippen molar-refractivity contribution in [2.75, 3.05) is 6.26 Å². The average molecular weight is 311 g/mol. The second kappa shape index (κ2) is 5.49. The van der Waals surface area contributed by atoms with Crippen molar-refractivity contribution in [2.24, 2.45) is 0 Å². The molecule has 0 amide bonds. The fraction of sp³-hybridized carbons (Fsp3) is 0.385. The van der Waals surface area contributed by atoms with E-state index in [0.29, 0.717) is 16.2 Å². The maximum Gasteiger partial charge on any atom is 0.195 e. The quantitative estimate of drug-likeness (QED) is 0.881. The first-order chi connectivity index (χ1) is 9.29. The number of aromatic nitrogens is 3. The molecule has 1 aromatic carbocycles. The smallest absolute Gasteiger partial charge is 0.195 e. The molecule has 0 bridgehead atoms. The normalized spacial score (nSPS) is 12.0. The van der Waals surface area contributed by atoms with Crippen LogP contribution < -0.4 is 0 Å². The van der Waals surface area contributed by atoms with E-state index in [-0.39, 0.29) is 5.92 Å². The van der Waals surface area contributed by atoms with Crippen LogP contribution >= 0.6 is 12.2 Å². The van der Waals surface area contributed by atoms with E-state index in [4.69, 9.17) is 12.2 Å². The fourth-order valence-corrected chi connectivity index (χ4v) is 2.78. The molecule has 0 radical (unpaired) electrons. The molecule has 0 saturated carbocycles. The number of H-pyrrole nitrogens is 1. The van der Waals surface area contributed by atoms with Crippen molar-refractivity contribution >= 4 is 22.1 Å². The van der Waals surface area contributed by atoms with Crippen LogP contribution in [0, 0.1) is 4.77 Å². The number of nitrogens with one attached hydrogen (secondary N) is 1. The number of rotatable bonds is 4. The minimum Gasteiger partial charge on any atom is -0.299 e. The van der Waals surface area contributed by atoms with Gasteiger partial charge in [-0.05, 0) is 29.9 Å². The maximum absolute atomic E-state index is 11.4. The summed E-state index contributed by atoms with van der Waals surface area (Å²) in [5.41, 5.74) is 0.983. The molecule has 0 aliphatic rings. The lowest BCUT2D eigenvalue weighted by molar-refractivity contribution is 0.602. The van der Waals surface area contributed by atoms with Crippen molar-refractivity contribution in [1.82, 2.24) is 14.8 Å². The molecule has 5 nitrogen and oxygen atoms in total. The van der Waals surface area contributed by atoms with Crippen LogP contribution in [0.4, 0.5) is 0 Å². The lowest BCUT2D eigenvalue weighted by Crippen LogP contribution is -2.07. The van der Waals surface area contributed by atoms with Gasteiger partial charge < -0.3 is 0 Å². The first-order valence-corrected chi connectivity index (χ1v) is 8.53. The molecule has 20 heavy (non-hydrogen) atoms. The van der Waals surface area contributed by atoms with E-state index in [9.17, 15) is 8.42 Å². The Morgan fingerprint density at radius 1 is 1.30 bits per heavy atom. The zero-order valence-electron chi connectivity index (χ0n) is 11.6. The minimum absolute atomic E-state index is 0.262. The zero-order chi connectivity index (χ0) is 14.9. The molecule has 2 rings (SSSR count). The van der Waals surface area contributed by atoms with Gasteiger partial charge in [-0.25, -0.2) is 8.42 Å². The summed E-state index contributed by atoms with van der Waals surface area (Å²) in [5.74, 6) is 1.15. The highest BCUT2D eigenvalue weighted by Gasteiger charge is 2.11. The van der Waals surface area contributed by atoms with Gasteiger partial charge in [0.25, 0.3) is 0 Å². The average Bonchev–Trinajstić information content (AvgIpc) is 2.71. The third-order valence-corrected chi connectivity index (χ3v) is 4.44. The number of aromatic amines is 1. The summed E-state index contributed by atoms with van der Waals surface area (Å²) in [6, 6.07) is 6.83. The Hall–Kier alpha value is -1.47. The van der Waals surface area contributed by atoms with Crippen molar-refractivity contribution < 1.29 is 8.42 Å². The third kappa shape index (κ3) is 3.16. The van der Waals surface area contributed by atoms with Crippen molar-refractivity contribution in [3.8, 4) is 0 Å². The molecule has 7 heteroatoms. The molecule has 0 fully saturated rings.